The Morgan fingerprint density at radius 1 is 1.64 bits per heavy atom. The number of nitrogens with zero attached hydrogens (tertiary/aromatic N) is 1. The van der Waals surface area contributed by atoms with Crippen LogP contribution >= 0.6 is 15.9 Å². The Morgan fingerprint density at radius 2 is 2.45 bits per heavy atom. The SMILES string of the molecule is C=C(Br)CNC1=NCCCC1. The fraction of sp³-hybridized carbons (Fsp3) is 0.625. The van der Waals surface area contributed by atoms with Crippen LogP contribution in [0.25, 0.3) is 0 Å². The maximum absolute atomic E-state index is 4.34. The molecule has 1 rings (SSSR count). The van der Waals surface area contributed by atoms with E-state index in [0.29, 0.717) is 0 Å². The topological polar surface area (TPSA) is 24.4 Å². The van der Waals surface area contributed by atoms with Crippen molar-refractivity contribution in [1.82, 2.24) is 5.32 Å². The summed E-state index contributed by atoms with van der Waals surface area (Å²) in [7, 11) is 0. The van der Waals surface area contributed by atoms with E-state index >= 15 is 0 Å². The van der Waals surface area contributed by atoms with E-state index in [1.165, 1.54) is 12.8 Å². The second kappa shape index (κ2) is 4.54. The number of amidine groups is 1. The van der Waals surface area contributed by atoms with Gasteiger partial charge in [-0.3, -0.25) is 4.99 Å². The van der Waals surface area contributed by atoms with Crippen molar-refractivity contribution >= 4 is 21.8 Å². The maximum Gasteiger partial charge on any atom is 0.0965 e. The maximum atomic E-state index is 4.34. The zero-order valence-electron chi connectivity index (χ0n) is 6.57. The fourth-order valence-electron chi connectivity index (χ4n) is 1.04. The average Bonchev–Trinajstić information content (AvgIpc) is 2.03. The molecule has 1 heterocycles. The standard InChI is InChI=1S/C8H13BrN2/c1-7(9)6-11-8-4-2-3-5-10-8/h1-6H2,(H,10,11). The van der Waals surface area contributed by atoms with Crippen molar-refractivity contribution in [2.45, 2.75) is 19.3 Å². The molecule has 3 heteroatoms. The van der Waals surface area contributed by atoms with Crippen LogP contribution in [0.1, 0.15) is 19.3 Å². The van der Waals surface area contributed by atoms with E-state index in [2.05, 4.69) is 32.8 Å². The zero-order chi connectivity index (χ0) is 8.10. The lowest BCUT2D eigenvalue weighted by atomic mass is 10.2. The van der Waals surface area contributed by atoms with Crippen LogP contribution in [0, 0.1) is 0 Å². The molecule has 0 saturated heterocycles. The van der Waals surface area contributed by atoms with E-state index in [9.17, 15) is 0 Å². The monoisotopic (exact) mass is 216 g/mol. The molecule has 0 unspecified atom stereocenters. The van der Waals surface area contributed by atoms with Gasteiger partial charge < -0.3 is 5.32 Å². The summed E-state index contributed by atoms with van der Waals surface area (Å²) in [5.41, 5.74) is 0. The minimum absolute atomic E-state index is 0.791. The van der Waals surface area contributed by atoms with Crippen LogP contribution in [0.4, 0.5) is 0 Å². The number of rotatable bonds is 2. The van der Waals surface area contributed by atoms with Gasteiger partial charge in [-0.05, 0) is 12.8 Å². The van der Waals surface area contributed by atoms with E-state index in [0.717, 1.165) is 29.8 Å². The first-order chi connectivity index (χ1) is 5.29. The van der Waals surface area contributed by atoms with Crippen LogP contribution in [0.15, 0.2) is 16.1 Å². The molecule has 0 bridgehead atoms. The van der Waals surface area contributed by atoms with Gasteiger partial charge in [0.2, 0.25) is 0 Å². The lowest BCUT2D eigenvalue weighted by Crippen LogP contribution is -2.26. The Balaban J connectivity index is 2.24. The number of aliphatic imine (C=N–C) groups is 1. The molecule has 0 saturated carbocycles. The Kier molecular flexibility index (Phi) is 3.63. The quantitative estimate of drug-likeness (QED) is 0.752. The van der Waals surface area contributed by atoms with Crippen molar-refractivity contribution in [2.75, 3.05) is 13.1 Å². The second-order valence-corrected chi connectivity index (χ2v) is 3.78. The molecule has 0 aliphatic carbocycles. The van der Waals surface area contributed by atoms with Gasteiger partial charge in [0.05, 0.1) is 5.84 Å². The third-order valence-corrected chi connectivity index (χ3v) is 1.89. The van der Waals surface area contributed by atoms with Crippen molar-refractivity contribution in [2.24, 2.45) is 4.99 Å². The number of halogens is 1. The fourth-order valence-corrected chi connectivity index (χ4v) is 1.18. The molecule has 0 radical (unpaired) electrons. The smallest absolute Gasteiger partial charge is 0.0965 e. The molecule has 1 aliphatic heterocycles. The van der Waals surface area contributed by atoms with Crippen molar-refractivity contribution in [3.8, 4) is 0 Å². The highest BCUT2D eigenvalue weighted by atomic mass is 79.9. The van der Waals surface area contributed by atoms with E-state index in [1.54, 1.807) is 0 Å². The number of nitrogens with one attached hydrogen (secondary N) is 1. The summed E-state index contributed by atoms with van der Waals surface area (Å²) in [5, 5.41) is 3.22. The Bertz CT molecular complexity index is 175. The average molecular weight is 217 g/mol. The molecule has 0 spiro atoms. The van der Waals surface area contributed by atoms with Gasteiger partial charge in [-0.25, -0.2) is 0 Å². The summed E-state index contributed by atoms with van der Waals surface area (Å²) in [6.45, 7) is 5.51. The van der Waals surface area contributed by atoms with Gasteiger partial charge in [0.1, 0.15) is 0 Å². The molecule has 0 aromatic heterocycles. The van der Waals surface area contributed by atoms with Gasteiger partial charge >= 0.3 is 0 Å². The molecule has 11 heavy (non-hydrogen) atoms. The number of hydrogen-bond acceptors (Lipinski definition) is 2. The van der Waals surface area contributed by atoms with Crippen molar-refractivity contribution < 1.29 is 0 Å². The summed E-state index contributed by atoms with van der Waals surface area (Å²) in [5.74, 6) is 1.14. The largest absolute Gasteiger partial charge is 0.369 e. The van der Waals surface area contributed by atoms with E-state index in [-0.39, 0.29) is 0 Å². The van der Waals surface area contributed by atoms with E-state index in [4.69, 9.17) is 0 Å². The van der Waals surface area contributed by atoms with Crippen LogP contribution in [0.3, 0.4) is 0 Å². The Hall–Kier alpha value is -0.310. The predicted molar refractivity (Wildman–Crippen MR) is 52.2 cm³/mol. The third-order valence-electron chi connectivity index (χ3n) is 1.61. The zero-order valence-corrected chi connectivity index (χ0v) is 8.15. The van der Waals surface area contributed by atoms with E-state index in [1.807, 2.05) is 0 Å². The summed E-state index contributed by atoms with van der Waals surface area (Å²) < 4.78 is 0.978. The van der Waals surface area contributed by atoms with Crippen LogP contribution in [0.5, 0.6) is 0 Å². The summed E-state index contributed by atoms with van der Waals surface area (Å²) in [6.07, 6.45) is 3.60. The van der Waals surface area contributed by atoms with Crippen LogP contribution in [-0.2, 0) is 0 Å². The van der Waals surface area contributed by atoms with Crippen LogP contribution < -0.4 is 5.32 Å². The van der Waals surface area contributed by atoms with Gasteiger partial charge in [-0.15, -0.1) is 0 Å². The van der Waals surface area contributed by atoms with Crippen LogP contribution in [0.2, 0.25) is 0 Å². The molecule has 0 atom stereocenters. The minimum Gasteiger partial charge on any atom is -0.369 e. The summed E-state index contributed by atoms with van der Waals surface area (Å²) >= 11 is 3.29. The summed E-state index contributed by atoms with van der Waals surface area (Å²) in [4.78, 5) is 4.34. The van der Waals surface area contributed by atoms with Gasteiger partial charge in [0.25, 0.3) is 0 Å². The number of hydrogen-bond donors (Lipinski definition) is 1. The third kappa shape index (κ3) is 3.56. The molecular weight excluding hydrogens is 204 g/mol. The first-order valence-electron chi connectivity index (χ1n) is 3.89. The van der Waals surface area contributed by atoms with Gasteiger partial charge in [-0.2, -0.15) is 0 Å². The normalized spacial score (nSPS) is 17.4. The molecular formula is C8H13BrN2. The highest BCUT2D eigenvalue weighted by Crippen LogP contribution is 2.05. The first kappa shape index (κ1) is 8.78. The van der Waals surface area contributed by atoms with Crippen molar-refractivity contribution in [3.63, 3.8) is 0 Å². The van der Waals surface area contributed by atoms with Gasteiger partial charge in [0.15, 0.2) is 0 Å². The molecule has 2 nitrogen and oxygen atoms in total. The molecule has 0 aromatic rings. The van der Waals surface area contributed by atoms with Gasteiger partial charge in [0, 0.05) is 24.0 Å². The van der Waals surface area contributed by atoms with Crippen molar-refractivity contribution in [3.05, 3.63) is 11.1 Å². The molecule has 1 aliphatic rings. The first-order valence-corrected chi connectivity index (χ1v) is 4.69. The minimum atomic E-state index is 0.791. The molecule has 62 valence electrons. The lowest BCUT2D eigenvalue weighted by Gasteiger charge is -2.12. The molecule has 0 amide bonds. The predicted octanol–water partition coefficient (Wildman–Crippen LogP) is 2.07. The highest BCUT2D eigenvalue weighted by molar-refractivity contribution is 9.11. The van der Waals surface area contributed by atoms with Gasteiger partial charge in [-0.1, -0.05) is 22.5 Å². The molecule has 0 aromatic carbocycles. The molecule has 1 N–H and O–H groups in total. The molecule has 0 fully saturated rings. The van der Waals surface area contributed by atoms with Crippen LogP contribution in [-0.4, -0.2) is 18.9 Å². The van der Waals surface area contributed by atoms with E-state index < -0.39 is 0 Å². The second-order valence-electron chi connectivity index (χ2n) is 2.66. The Morgan fingerprint density at radius 3 is 3.00 bits per heavy atom. The highest BCUT2D eigenvalue weighted by Gasteiger charge is 2.03. The lowest BCUT2D eigenvalue weighted by molar-refractivity contribution is 0.715. The summed E-state index contributed by atoms with van der Waals surface area (Å²) in [6, 6.07) is 0. The Labute approximate surface area is 75.9 Å². The van der Waals surface area contributed by atoms with Crippen molar-refractivity contribution in [1.29, 1.82) is 0 Å².